The summed E-state index contributed by atoms with van der Waals surface area (Å²) in [5.41, 5.74) is 5.87. The van der Waals surface area contributed by atoms with Crippen LogP contribution in [-0.4, -0.2) is 43.5 Å². The Kier molecular flexibility index (Phi) is 5.76. The summed E-state index contributed by atoms with van der Waals surface area (Å²) < 4.78 is 4.74. The van der Waals surface area contributed by atoms with Gasteiger partial charge >= 0.3 is 5.97 Å². The highest BCUT2D eigenvalue weighted by molar-refractivity contribution is 5.88. The van der Waals surface area contributed by atoms with Crippen molar-refractivity contribution >= 4 is 17.8 Å². The van der Waals surface area contributed by atoms with Crippen molar-refractivity contribution in [3.05, 3.63) is 0 Å². The first kappa shape index (κ1) is 16.7. The summed E-state index contributed by atoms with van der Waals surface area (Å²) in [4.78, 5) is 35.8. The summed E-state index contributed by atoms with van der Waals surface area (Å²) in [6.07, 6.45) is 4.71. The Hall–Kier alpha value is -1.63. The van der Waals surface area contributed by atoms with Crippen LogP contribution in [0.1, 0.15) is 38.5 Å². The van der Waals surface area contributed by atoms with Crippen molar-refractivity contribution in [2.24, 2.45) is 17.6 Å². The molecule has 22 heavy (non-hydrogen) atoms. The number of esters is 1. The smallest absolute Gasteiger partial charge is 0.328 e. The normalized spacial score (nSPS) is 24.1. The van der Waals surface area contributed by atoms with E-state index in [2.05, 4.69) is 10.6 Å². The maximum atomic E-state index is 12.1. The lowest BCUT2D eigenvalue weighted by atomic mass is 9.91. The number of nitrogens with one attached hydrogen (secondary N) is 2. The number of carbonyl (C=O) groups is 3. The summed E-state index contributed by atoms with van der Waals surface area (Å²) in [7, 11) is 1.27. The number of methoxy groups -OCH3 is 1. The molecule has 0 bridgehead atoms. The Morgan fingerprint density at radius 2 is 2.09 bits per heavy atom. The molecule has 2 aliphatic rings. The van der Waals surface area contributed by atoms with E-state index in [4.69, 9.17) is 10.5 Å². The second-order valence-electron chi connectivity index (χ2n) is 6.24. The number of hydrogen-bond acceptors (Lipinski definition) is 5. The molecule has 3 atom stereocenters. The number of rotatable bonds is 7. The number of ether oxygens (including phenoxy) is 1. The van der Waals surface area contributed by atoms with Gasteiger partial charge in [0.1, 0.15) is 6.04 Å². The number of amides is 2. The molecule has 1 aliphatic carbocycles. The molecule has 0 aromatic heterocycles. The van der Waals surface area contributed by atoms with E-state index in [1.54, 1.807) is 0 Å². The molecule has 0 aromatic carbocycles. The zero-order valence-electron chi connectivity index (χ0n) is 13.0. The van der Waals surface area contributed by atoms with Crippen LogP contribution in [0.25, 0.3) is 0 Å². The van der Waals surface area contributed by atoms with Gasteiger partial charge in [-0.2, -0.15) is 0 Å². The molecule has 1 unspecified atom stereocenters. The molecule has 124 valence electrons. The topological polar surface area (TPSA) is 111 Å². The fourth-order valence-electron chi connectivity index (χ4n) is 2.80. The Morgan fingerprint density at radius 1 is 1.36 bits per heavy atom. The van der Waals surface area contributed by atoms with Gasteiger partial charge in [0, 0.05) is 12.5 Å². The monoisotopic (exact) mass is 311 g/mol. The van der Waals surface area contributed by atoms with Gasteiger partial charge in [-0.05, 0) is 31.6 Å². The van der Waals surface area contributed by atoms with Gasteiger partial charge < -0.3 is 21.1 Å². The van der Waals surface area contributed by atoms with Gasteiger partial charge in [0.15, 0.2) is 0 Å². The van der Waals surface area contributed by atoms with Crippen molar-refractivity contribution in [2.75, 3.05) is 13.7 Å². The third-order valence-electron chi connectivity index (χ3n) is 4.34. The van der Waals surface area contributed by atoms with Crippen molar-refractivity contribution in [1.29, 1.82) is 0 Å². The van der Waals surface area contributed by atoms with Crippen molar-refractivity contribution in [3.8, 4) is 0 Å². The van der Waals surface area contributed by atoms with E-state index in [0.29, 0.717) is 25.3 Å². The summed E-state index contributed by atoms with van der Waals surface area (Å²) in [5, 5.41) is 5.43. The summed E-state index contributed by atoms with van der Waals surface area (Å²) in [6.45, 7) is 0.664. The third kappa shape index (κ3) is 4.69. The second-order valence-corrected chi connectivity index (χ2v) is 6.24. The van der Waals surface area contributed by atoms with Crippen LogP contribution in [0.3, 0.4) is 0 Å². The van der Waals surface area contributed by atoms with Gasteiger partial charge in [-0.3, -0.25) is 9.59 Å². The van der Waals surface area contributed by atoms with Crippen LogP contribution in [0.2, 0.25) is 0 Å². The molecule has 1 saturated heterocycles. The minimum Gasteiger partial charge on any atom is -0.467 e. The zero-order valence-corrected chi connectivity index (χ0v) is 13.0. The maximum Gasteiger partial charge on any atom is 0.328 e. The van der Waals surface area contributed by atoms with E-state index in [1.807, 2.05) is 0 Å². The molecule has 2 rings (SSSR count). The molecule has 0 aromatic rings. The fourth-order valence-corrected chi connectivity index (χ4v) is 2.80. The van der Waals surface area contributed by atoms with E-state index in [1.165, 1.54) is 7.11 Å². The highest BCUT2D eigenvalue weighted by Crippen LogP contribution is 2.33. The molecule has 7 nitrogen and oxygen atoms in total. The minimum atomic E-state index is -0.823. The van der Waals surface area contributed by atoms with E-state index in [-0.39, 0.29) is 24.2 Å². The summed E-state index contributed by atoms with van der Waals surface area (Å²) >= 11 is 0. The molecule has 1 saturated carbocycles. The number of piperidine rings is 1. The van der Waals surface area contributed by atoms with Gasteiger partial charge in [0.05, 0.1) is 13.2 Å². The summed E-state index contributed by atoms with van der Waals surface area (Å²) in [6, 6.07) is -1.43. The predicted octanol–water partition coefficient (Wildman–Crippen LogP) is -0.312. The first-order valence-corrected chi connectivity index (χ1v) is 7.92. The molecule has 0 spiro atoms. The van der Waals surface area contributed by atoms with Gasteiger partial charge in [-0.1, -0.05) is 12.8 Å². The quantitative estimate of drug-likeness (QED) is 0.559. The molecule has 1 aliphatic heterocycles. The largest absolute Gasteiger partial charge is 0.467 e. The van der Waals surface area contributed by atoms with Crippen molar-refractivity contribution in [1.82, 2.24) is 10.6 Å². The number of hydrogen-bond donors (Lipinski definition) is 3. The lowest BCUT2D eigenvalue weighted by Gasteiger charge is -2.26. The van der Waals surface area contributed by atoms with Gasteiger partial charge in [0.25, 0.3) is 0 Å². The molecular weight excluding hydrogens is 286 g/mol. The lowest BCUT2D eigenvalue weighted by Crippen LogP contribution is -2.51. The van der Waals surface area contributed by atoms with Gasteiger partial charge in [-0.15, -0.1) is 0 Å². The Morgan fingerprint density at radius 3 is 2.68 bits per heavy atom. The van der Waals surface area contributed by atoms with Crippen LogP contribution in [0.4, 0.5) is 0 Å². The molecule has 1 heterocycles. The second kappa shape index (κ2) is 7.58. The standard InChI is InChI=1S/C15H25N3O4/c1-22-15(21)12(8-10-3-2-6-17-13(10)19)18-14(20)11(16)7-9-4-5-9/h9-12H,2-8,16H2,1H3,(H,17,19)(H,18,20)/t10-,11?,12-/m0/s1. The maximum absolute atomic E-state index is 12.1. The zero-order chi connectivity index (χ0) is 16.1. The van der Waals surface area contributed by atoms with Gasteiger partial charge in [-0.25, -0.2) is 4.79 Å². The highest BCUT2D eigenvalue weighted by atomic mass is 16.5. The van der Waals surface area contributed by atoms with E-state index in [9.17, 15) is 14.4 Å². The van der Waals surface area contributed by atoms with Crippen molar-refractivity contribution in [2.45, 2.75) is 50.6 Å². The van der Waals surface area contributed by atoms with E-state index >= 15 is 0 Å². The van der Waals surface area contributed by atoms with E-state index < -0.39 is 18.1 Å². The lowest BCUT2D eigenvalue weighted by molar-refractivity contribution is -0.146. The third-order valence-corrected chi connectivity index (χ3v) is 4.34. The Bertz CT molecular complexity index is 437. The van der Waals surface area contributed by atoms with Crippen LogP contribution in [0, 0.1) is 11.8 Å². The van der Waals surface area contributed by atoms with Gasteiger partial charge in [0.2, 0.25) is 11.8 Å². The van der Waals surface area contributed by atoms with Crippen LogP contribution >= 0.6 is 0 Å². The minimum absolute atomic E-state index is 0.0725. The molecule has 0 radical (unpaired) electrons. The van der Waals surface area contributed by atoms with Crippen LogP contribution in [0.5, 0.6) is 0 Å². The first-order chi connectivity index (χ1) is 10.5. The molecule has 2 fully saturated rings. The SMILES string of the molecule is COC(=O)[C@H](C[C@@H]1CCCNC1=O)NC(=O)C(N)CC1CC1. The Labute approximate surface area is 130 Å². The van der Waals surface area contributed by atoms with E-state index in [0.717, 1.165) is 19.3 Å². The molecule has 7 heteroatoms. The van der Waals surface area contributed by atoms with Crippen molar-refractivity contribution in [3.63, 3.8) is 0 Å². The van der Waals surface area contributed by atoms with Crippen LogP contribution < -0.4 is 16.4 Å². The Balaban J connectivity index is 1.91. The first-order valence-electron chi connectivity index (χ1n) is 7.92. The predicted molar refractivity (Wildman–Crippen MR) is 79.6 cm³/mol. The molecular formula is C15H25N3O4. The summed E-state index contributed by atoms with van der Waals surface area (Å²) in [5.74, 6) is -0.709. The fraction of sp³-hybridized carbons (Fsp3) is 0.800. The number of carbonyl (C=O) groups excluding carboxylic acids is 3. The van der Waals surface area contributed by atoms with Crippen LogP contribution in [0.15, 0.2) is 0 Å². The molecule has 4 N–H and O–H groups in total. The highest BCUT2D eigenvalue weighted by Gasteiger charge is 2.33. The average molecular weight is 311 g/mol. The van der Waals surface area contributed by atoms with Crippen molar-refractivity contribution < 1.29 is 19.1 Å². The van der Waals surface area contributed by atoms with Crippen LogP contribution in [-0.2, 0) is 19.1 Å². The molecule has 2 amide bonds. The number of nitrogens with two attached hydrogens (primary N) is 1. The average Bonchev–Trinajstić information content (AvgIpc) is 3.31.